The molecule has 2 unspecified atom stereocenters. The minimum absolute atomic E-state index is 0.0378. The van der Waals surface area contributed by atoms with Gasteiger partial charge in [-0.15, -0.1) is 0 Å². The van der Waals surface area contributed by atoms with Crippen LogP contribution >= 0.6 is 7.82 Å². The standard InChI is InChI=1S/C77H154NO8P/c1-6-8-10-12-14-16-18-20-22-24-26-28-30-32-34-36-38-39-40-42-44-46-48-50-52-54-56-58-60-62-64-66-68-70-77(80)86-75(74-85-87(81,82)84-72-71-78(3,4)5)73-83-76(79)69-67-65-63-61-59-57-55-53-51-49-47-45-43-41-37-35-33-31-29-27-25-23-21-19-17-15-13-11-9-7-2/h75H,6-74H2,1-5H3/p+1. The van der Waals surface area contributed by atoms with E-state index in [1.807, 2.05) is 21.1 Å². The van der Waals surface area contributed by atoms with Gasteiger partial charge in [0.15, 0.2) is 6.10 Å². The zero-order valence-electron chi connectivity index (χ0n) is 59.6. The molecule has 1 N–H and O–H groups in total. The van der Waals surface area contributed by atoms with E-state index in [0.29, 0.717) is 17.4 Å². The van der Waals surface area contributed by atoms with Crippen molar-refractivity contribution in [2.45, 2.75) is 437 Å². The lowest BCUT2D eigenvalue weighted by atomic mass is 10.0. The number of hydrogen-bond acceptors (Lipinski definition) is 7. The molecule has 0 saturated carbocycles. The number of likely N-dealkylation sites (N-methyl/N-ethyl adjacent to an activating group) is 1. The number of nitrogens with zero attached hydrogens (tertiary/aromatic N) is 1. The Kier molecular flexibility index (Phi) is 68.6. The molecule has 2 atom stereocenters. The lowest BCUT2D eigenvalue weighted by Crippen LogP contribution is -2.37. The molecule has 0 aromatic rings. The molecule has 0 spiro atoms. The van der Waals surface area contributed by atoms with E-state index in [1.54, 1.807) is 0 Å². The molecule has 0 aromatic heterocycles. The summed E-state index contributed by atoms with van der Waals surface area (Å²) in [5, 5.41) is 0. The Labute approximate surface area is 544 Å². The molecule has 0 aliphatic rings. The third kappa shape index (κ3) is 73.9. The molecule has 87 heavy (non-hydrogen) atoms. The van der Waals surface area contributed by atoms with Crippen LogP contribution in [0.2, 0.25) is 0 Å². The average molecular weight is 1250 g/mol. The molecule has 0 amide bonds. The van der Waals surface area contributed by atoms with Crippen molar-refractivity contribution in [3.8, 4) is 0 Å². The largest absolute Gasteiger partial charge is 0.472 e. The highest BCUT2D eigenvalue weighted by Gasteiger charge is 2.27. The first-order valence-electron chi connectivity index (χ1n) is 39.3. The lowest BCUT2D eigenvalue weighted by Gasteiger charge is -2.24. The predicted molar refractivity (Wildman–Crippen MR) is 377 cm³/mol. The van der Waals surface area contributed by atoms with Gasteiger partial charge in [-0.3, -0.25) is 18.6 Å². The molecule has 0 bridgehead atoms. The van der Waals surface area contributed by atoms with Crippen LogP contribution in [0.3, 0.4) is 0 Å². The van der Waals surface area contributed by atoms with E-state index >= 15 is 0 Å². The van der Waals surface area contributed by atoms with Gasteiger partial charge in [0.25, 0.3) is 0 Å². The van der Waals surface area contributed by atoms with Crippen LogP contribution in [-0.4, -0.2) is 74.9 Å². The minimum Gasteiger partial charge on any atom is -0.462 e. The average Bonchev–Trinajstić information content (AvgIpc) is 3.50. The Hall–Kier alpha value is -0.990. The van der Waals surface area contributed by atoms with E-state index in [0.717, 1.165) is 38.5 Å². The molecule has 0 rings (SSSR count). The van der Waals surface area contributed by atoms with Gasteiger partial charge in [-0.25, -0.2) is 4.57 Å². The number of ether oxygens (including phenoxy) is 2. The zero-order valence-corrected chi connectivity index (χ0v) is 60.5. The van der Waals surface area contributed by atoms with Crippen LogP contribution < -0.4 is 0 Å². The molecule has 520 valence electrons. The molecule has 0 aliphatic heterocycles. The Morgan fingerprint density at radius 3 is 0.736 bits per heavy atom. The van der Waals surface area contributed by atoms with Crippen LogP contribution in [-0.2, 0) is 32.7 Å². The summed E-state index contributed by atoms with van der Waals surface area (Å²) in [7, 11) is 1.51. The molecular weight excluding hydrogens is 1100 g/mol. The van der Waals surface area contributed by atoms with Gasteiger partial charge >= 0.3 is 19.8 Å². The molecule has 0 radical (unpaired) electrons. The van der Waals surface area contributed by atoms with Crippen molar-refractivity contribution < 1.29 is 42.1 Å². The first-order valence-corrected chi connectivity index (χ1v) is 40.8. The van der Waals surface area contributed by atoms with Gasteiger partial charge < -0.3 is 18.9 Å². The fraction of sp³-hybridized carbons (Fsp3) is 0.974. The van der Waals surface area contributed by atoms with Gasteiger partial charge in [-0.1, -0.05) is 406 Å². The topological polar surface area (TPSA) is 108 Å². The molecule has 10 heteroatoms. The van der Waals surface area contributed by atoms with E-state index in [-0.39, 0.29) is 25.6 Å². The number of phosphoric ester groups is 1. The Morgan fingerprint density at radius 2 is 0.517 bits per heavy atom. The van der Waals surface area contributed by atoms with E-state index in [1.165, 1.54) is 366 Å². The molecular formula is C77H155NO8P+. The van der Waals surface area contributed by atoms with Crippen LogP contribution in [0.15, 0.2) is 0 Å². The van der Waals surface area contributed by atoms with Gasteiger partial charge in [0.05, 0.1) is 27.7 Å². The molecule has 0 heterocycles. The minimum atomic E-state index is -4.39. The van der Waals surface area contributed by atoms with Crippen molar-refractivity contribution in [2.24, 2.45) is 0 Å². The van der Waals surface area contributed by atoms with E-state index in [4.69, 9.17) is 18.5 Å². The number of hydrogen-bond donors (Lipinski definition) is 1. The maximum atomic E-state index is 12.9. The molecule has 0 aliphatic carbocycles. The van der Waals surface area contributed by atoms with Crippen LogP contribution in [0.1, 0.15) is 431 Å². The number of carbonyl (C=O) groups is 2. The lowest BCUT2D eigenvalue weighted by molar-refractivity contribution is -0.870. The smallest absolute Gasteiger partial charge is 0.462 e. The monoisotopic (exact) mass is 1250 g/mol. The van der Waals surface area contributed by atoms with E-state index in [9.17, 15) is 19.0 Å². The third-order valence-electron chi connectivity index (χ3n) is 18.4. The van der Waals surface area contributed by atoms with Gasteiger partial charge in [-0.2, -0.15) is 0 Å². The number of phosphoric acid groups is 1. The number of rotatable bonds is 75. The molecule has 9 nitrogen and oxygen atoms in total. The number of unbranched alkanes of at least 4 members (excludes halogenated alkanes) is 61. The Bertz CT molecular complexity index is 1420. The SMILES string of the molecule is CCCCCCCCCCCCCCCCCCCCCCCCCCCCCCCCCCCC(=O)OC(COC(=O)CCCCCCCCCCCCCCCCCCCCCCCCCCCCCCCC)COP(=O)(O)OCC[N+](C)(C)C. The highest BCUT2D eigenvalue weighted by molar-refractivity contribution is 7.47. The summed E-state index contributed by atoms with van der Waals surface area (Å²) >= 11 is 0. The maximum absolute atomic E-state index is 12.9. The number of esters is 2. The van der Waals surface area contributed by atoms with Gasteiger partial charge in [-0.05, 0) is 12.8 Å². The van der Waals surface area contributed by atoms with Crippen molar-refractivity contribution in [2.75, 3.05) is 47.5 Å². The quantitative estimate of drug-likeness (QED) is 0.0278. The van der Waals surface area contributed by atoms with Crippen molar-refractivity contribution in [3.63, 3.8) is 0 Å². The predicted octanol–water partition coefficient (Wildman–Crippen LogP) is 25.7. The molecule has 0 saturated heterocycles. The third-order valence-corrected chi connectivity index (χ3v) is 19.4. The second kappa shape index (κ2) is 69.4. The molecule has 0 fully saturated rings. The number of quaternary nitrogens is 1. The highest BCUT2D eigenvalue weighted by atomic mass is 31.2. The Morgan fingerprint density at radius 1 is 0.310 bits per heavy atom. The van der Waals surface area contributed by atoms with Crippen molar-refractivity contribution in [1.29, 1.82) is 0 Å². The fourth-order valence-corrected chi connectivity index (χ4v) is 13.1. The zero-order chi connectivity index (χ0) is 63.4. The van der Waals surface area contributed by atoms with Crippen LogP contribution in [0.25, 0.3) is 0 Å². The summed E-state index contributed by atoms with van der Waals surface area (Å²) in [6.45, 7) is 4.54. The summed E-state index contributed by atoms with van der Waals surface area (Å²) in [5.41, 5.74) is 0. The normalized spacial score (nSPS) is 12.9. The second-order valence-electron chi connectivity index (χ2n) is 28.5. The van der Waals surface area contributed by atoms with Gasteiger partial charge in [0, 0.05) is 12.8 Å². The maximum Gasteiger partial charge on any atom is 0.472 e. The van der Waals surface area contributed by atoms with Gasteiger partial charge in [0.2, 0.25) is 0 Å². The molecule has 0 aromatic carbocycles. The highest BCUT2D eigenvalue weighted by Crippen LogP contribution is 2.43. The summed E-state index contributed by atoms with van der Waals surface area (Å²) < 4.78 is 34.8. The Balaban J connectivity index is 3.90. The van der Waals surface area contributed by atoms with Crippen LogP contribution in [0, 0.1) is 0 Å². The number of carbonyl (C=O) groups excluding carboxylic acids is 2. The van der Waals surface area contributed by atoms with Crippen molar-refractivity contribution >= 4 is 19.8 Å². The van der Waals surface area contributed by atoms with Gasteiger partial charge in [0.1, 0.15) is 19.8 Å². The van der Waals surface area contributed by atoms with Crippen LogP contribution in [0.5, 0.6) is 0 Å². The summed E-state index contributed by atoms with van der Waals surface area (Å²) in [4.78, 5) is 36.0. The fourth-order valence-electron chi connectivity index (χ4n) is 12.4. The first-order chi connectivity index (χ1) is 42.5. The summed E-state index contributed by atoms with van der Waals surface area (Å²) in [5.74, 6) is -0.765. The van der Waals surface area contributed by atoms with E-state index in [2.05, 4.69) is 13.8 Å². The van der Waals surface area contributed by atoms with Crippen LogP contribution in [0.4, 0.5) is 0 Å². The second-order valence-corrected chi connectivity index (χ2v) is 29.9. The van der Waals surface area contributed by atoms with E-state index < -0.39 is 26.5 Å². The van der Waals surface area contributed by atoms with Crippen molar-refractivity contribution in [3.05, 3.63) is 0 Å². The van der Waals surface area contributed by atoms with Crippen molar-refractivity contribution in [1.82, 2.24) is 0 Å². The first kappa shape index (κ1) is 86.0. The summed E-state index contributed by atoms with van der Waals surface area (Å²) in [6.07, 6.45) is 85.4. The summed E-state index contributed by atoms with van der Waals surface area (Å²) in [6, 6.07) is 0.